The number of rotatable bonds is 8. The molecule has 1 aromatic rings. The van der Waals surface area contributed by atoms with E-state index in [1.165, 1.54) is 6.92 Å². The average molecular weight is 280 g/mol. The third-order valence-electron chi connectivity index (χ3n) is 2.66. The fourth-order valence-corrected chi connectivity index (χ4v) is 1.52. The monoisotopic (exact) mass is 280 g/mol. The van der Waals surface area contributed by atoms with E-state index in [1.54, 1.807) is 19.1 Å². The first-order chi connectivity index (χ1) is 9.52. The fourth-order valence-electron chi connectivity index (χ4n) is 1.52. The lowest BCUT2D eigenvalue weighted by Crippen LogP contribution is -2.26. The maximum absolute atomic E-state index is 10.6. The number of nitrogens with one attached hydrogen (secondary N) is 1. The van der Waals surface area contributed by atoms with Crippen LogP contribution in [-0.4, -0.2) is 31.0 Å². The van der Waals surface area contributed by atoms with E-state index in [-0.39, 0.29) is 25.3 Å². The molecule has 0 aliphatic carbocycles. The molecule has 0 bridgehead atoms. The maximum atomic E-state index is 10.6. The van der Waals surface area contributed by atoms with Gasteiger partial charge in [0.05, 0.1) is 6.61 Å². The predicted molar refractivity (Wildman–Crippen MR) is 74.8 cm³/mol. The minimum absolute atomic E-state index is 0.243. The number of carbonyl (C=O) groups is 1. The molecule has 0 amide bonds. The number of carbonyl (C=O) groups excluding carboxylic acids is 1. The number of esters is 1. The second-order valence-electron chi connectivity index (χ2n) is 4.35. The van der Waals surface area contributed by atoms with Gasteiger partial charge in [-0.2, -0.15) is 0 Å². The smallest absolute Gasteiger partial charge is 0.302 e. The molecule has 110 valence electrons. The van der Waals surface area contributed by atoms with Crippen molar-refractivity contribution in [2.24, 2.45) is 5.90 Å². The minimum Gasteiger partial charge on any atom is -0.491 e. The molecule has 6 heteroatoms. The topological polar surface area (TPSA) is 94.6 Å². The molecule has 1 rings (SSSR count). The van der Waals surface area contributed by atoms with Gasteiger partial charge in [-0.05, 0) is 36.8 Å². The molecule has 0 radical (unpaired) electrons. The van der Waals surface area contributed by atoms with Crippen LogP contribution in [0, 0.1) is 5.41 Å². The number of hydrogen-bond donors (Lipinski definition) is 2. The summed E-state index contributed by atoms with van der Waals surface area (Å²) in [5.74, 6) is 5.51. The number of benzene rings is 1. The van der Waals surface area contributed by atoms with Crippen LogP contribution in [0.15, 0.2) is 24.3 Å². The molecule has 0 fully saturated rings. The summed E-state index contributed by atoms with van der Waals surface area (Å²) in [5, 5.41) is 7.50. The van der Waals surface area contributed by atoms with Crippen LogP contribution in [-0.2, 0) is 14.4 Å². The van der Waals surface area contributed by atoms with Crippen molar-refractivity contribution >= 4 is 11.7 Å². The molecule has 20 heavy (non-hydrogen) atoms. The van der Waals surface area contributed by atoms with Crippen LogP contribution in [0.4, 0.5) is 0 Å². The van der Waals surface area contributed by atoms with Crippen molar-refractivity contribution in [1.29, 1.82) is 5.41 Å². The summed E-state index contributed by atoms with van der Waals surface area (Å²) in [4.78, 5) is 15.4. The van der Waals surface area contributed by atoms with Crippen LogP contribution in [0.25, 0.3) is 0 Å². The lowest BCUT2D eigenvalue weighted by atomic mass is 10.1. The Hall–Kier alpha value is -1.92. The molecule has 0 heterocycles. The van der Waals surface area contributed by atoms with E-state index in [0.29, 0.717) is 17.9 Å². The Bertz CT molecular complexity index is 445. The zero-order valence-corrected chi connectivity index (χ0v) is 11.7. The van der Waals surface area contributed by atoms with Crippen LogP contribution in [0.5, 0.6) is 5.75 Å². The SMILES string of the molecule is CC(=N)c1ccc(OCC(CCOC(C)=O)ON)cc1. The van der Waals surface area contributed by atoms with Gasteiger partial charge in [-0.15, -0.1) is 0 Å². The molecule has 0 saturated carbocycles. The van der Waals surface area contributed by atoms with Gasteiger partial charge in [0.25, 0.3) is 0 Å². The zero-order chi connectivity index (χ0) is 15.0. The van der Waals surface area contributed by atoms with Gasteiger partial charge in [0.1, 0.15) is 18.5 Å². The van der Waals surface area contributed by atoms with Crippen molar-refractivity contribution < 1.29 is 19.1 Å². The molecular weight excluding hydrogens is 260 g/mol. The molecule has 1 aromatic carbocycles. The summed E-state index contributed by atoms with van der Waals surface area (Å²) in [5.41, 5.74) is 1.35. The summed E-state index contributed by atoms with van der Waals surface area (Å²) in [7, 11) is 0. The Morgan fingerprint density at radius 2 is 1.95 bits per heavy atom. The summed E-state index contributed by atoms with van der Waals surface area (Å²) in [6.07, 6.45) is 0.117. The summed E-state index contributed by atoms with van der Waals surface area (Å²) >= 11 is 0. The third kappa shape index (κ3) is 5.81. The van der Waals surface area contributed by atoms with Gasteiger partial charge in [-0.25, -0.2) is 5.90 Å². The van der Waals surface area contributed by atoms with Crippen LogP contribution < -0.4 is 10.6 Å². The Balaban J connectivity index is 2.39. The molecule has 0 aliphatic heterocycles. The largest absolute Gasteiger partial charge is 0.491 e. The highest BCUT2D eigenvalue weighted by atomic mass is 16.6. The molecule has 0 spiro atoms. The highest BCUT2D eigenvalue weighted by Crippen LogP contribution is 2.13. The zero-order valence-electron chi connectivity index (χ0n) is 11.7. The van der Waals surface area contributed by atoms with Crippen molar-refractivity contribution in [2.45, 2.75) is 26.4 Å². The van der Waals surface area contributed by atoms with Gasteiger partial charge in [0, 0.05) is 19.1 Å². The highest BCUT2D eigenvalue weighted by molar-refractivity contribution is 5.96. The fraction of sp³-hybridized carbons (Fsp3) is 0.429. The number of nitrogens with two attached hydrogens (primary N) is 1. The van der Waals surface area contributed by atoms with E-state index in [1.807, 2.05) is 12.1 Å². The van der Waals surface area contributed by atoms with E-state index < -0.39 is 0 Å². The summed E-state index contributed by atoms with van der Waals surface area (Å²) in [6, 6.07) is 7.20. The van der Waals surface area contributed by atoms with Crippen LogP contribution in [0.1, 0.15) is 25.8 Å². The van der Waals surface area contributed by atoms with Gasteiger partial charge in [0.15, 0.2) is 0 Å². The lowest BCUT2D eigenvalue weighted by Gasteiger charge is -2.15. The molecular formula is C14H20N2O4. The second kappa shape index (κ2) is 8.29. The maximum Gasteiger partial charge on any atom is 0.302 e. The molecule has 0 saturated heterocycles. The first-order valence-electron chi connectivity index (χ1n) is 6.30. The van der Waals surface area contributed by atoms with E-state index in [4.69, 9.17) is 25.6 Å². The van der Waals surface area contributed by atoms with E-state index >= 15 is 0 Å². The third-order valence-corrected chi connectivity index (χ3v) is 2.66. The number of ether oxygens (including phenoxy) is 2. The molecule has 1 atom stereocenters. The van der Waals surface area contributed by atoms with Gasteiger partial charge in [-0.3, -0.25) is 9.63 Å². The molecule has 3 N–H and O–H groups in total. The van der Waals surface area contributed by atoms with Crippen LogP contribution in [0.2, 0.25) is 0 Å². The number of hydrogen-bond acceptors (Lipinski definition) is 6. The van der Waals surface area contributed by atoms with Crippen molar-refractivity contribution in [3.05, 3.63) is 29.8 Å². The quantitative estimate of drug-likeness (QED) is 0.429. The predicted octanol–water partition coefficient (Wildman–Crippen LogP) is 1.67. The lowest BCUT2D eigenvalue weighted by molar-refractivity contribution is -0.142. The minimum atomic E-state index is -0.349. The first kappa shape index (κ1) is 16.1. The van der Waals surface area contributed by atoms with E-state index in [9.17, 15) is 4.79 Å². The molecule has 0 aliphatic rings. The first-order valence-corrected chi connectivity index (χ1v) is 6.30. The van der Waals surface area contributed by atoms with Gasteiger partial charge < -0.3 is 14.9 Å². The second-order valence-corrected chi connectivity index (χ2v) is 4.35. The van der Waals surface area contributed by atoms with Gasteiger partial charge >= 0.3 is 5.97 Å². The van der Waals surface area contributed by atoms with E-state index in [2.05, 4.69) is 0 Å². The Labute approximate surface area is 118 Å². The standard InChI is InChI=1S/C14H20N2O4/c1-10(15)12-3-5-13(6-4-12)19-9-14(20-16)7-8-18-11(2)17/h3-6,14-15H,7-9,16H2,1-2H3. The average Bonchev–Trinajstić information content (AvgIpc) is 2.42. The molecule has 6 nitrogen and oxygen atoms in total. The molecule has 1 unspecified atom stereocenters. The van der Waals surface area contributed by atoms with E-state index in [0.717, 1.165) is 5.56 Å². The Morgan fingerprint density at radius 3 is 2.45 bits per heavy atom. The van der Waals surface area contributed by atoms with Gasteiger partial charge in [-0.1, -0.05) is 0 Å². The van der Waals surface area contributed by atoms with Crippen LogP contribution in [0.3, 0.4) is 0 Å². The highest BCUT2D eigenvalue weighted by Gasteiger charge is 2.10. The van der Waals surface area contributed by atoms with Gasteiger partial charge in [0.2, 0.25) is 0 Å². The normalized spacial score (nSPS) is 11.8. The summed E-state index contributed by atoms with van der Waals surface area (Å²) < 4.78 is 10.4. The van der Waals surface area contributed by atoms with Crippen molar-refractivity contribution in [1.82, 2.24) is 0 Å². The van der Waals surface area contributed by atoms with Crippen molar-refractivity contribution in [3.63, 3.8) is 0 Å². The van der Waals surface area contributed by atoms with Crippen LogP contribution >= 0.6 is 0 Å². The van der Waals surface area contributed by atoms with Crippen molar-refractivity contribution in [3.8, 4) is 5.75 Å². The Kier molecular flexibility index (Phi) is 6.69. The molecule has 0 aromatic heterocycles. The summed E-state index contributed by atoms with van der Waals surface area (Å²) in [6.45, 7) is 3.58. The Morgan fingerprint density at radius 1 is 1.30 bits per heavy atom. The van der Waals surface area contributed by atoms with Crippen molar-refractivity contribution in [2.75, 3.05) is 13.2 Å².